The highest BCUT2D eigenvalue weighted by molar-refractivity contribution is 5.61. The molecule has 0 fully saturated rings. The predicted octanol–water partition coefficient (Wildman–Crippen LogP) is 2.25. The molecule has 0 unspecified atom stereocenters. The molecule has 0 radical (unpaired) electrons. The number of benzene rings is 1. The fourth-order valence-electron chi connectivity index (χ4n) is 1.43. The molecule has 0 aliphatic carbocycles. The monoisotopic (exact) mass is 206 g/mol. The van der Waals surface area contributed by atoms with Crippen molar-refractivity contribution in [2.24, 2.45) is 5.73 Å². The maximum absolute atomic E-state index is 12.7. The summed E-state index contributed by atoms with van der Waals surface area (Å²) in [6, 6.07) is 6.09. The molecule has 0 aliphatic heterocycles. The summed E-state index contributed by atoms with van der Waals surface area (Å²) in [7, 11) is 0. The Labute approximate surface area is 86.7 Å². The van der Waals surface area contributed by atoms with Crippen LogP contribution in [0.4, 0.5) is 4.39 Å². The van der Waals surface area contributed by atoms with Gasteiger partial charge in [0.1, 0.15) is 11.5 Å². The summed E-state index contributed by atoms with van der Waals surface area (Å²) in [5.74, 6) is 0.380. The van der Waals surface area contributed by atoms with Gasteiger partial charge in [-0.15, -0.1) is 0 Å². The Morgan fingerprint density at radius 1 is 1.33 bits per heavy atom. The lowest BCUT2D eigenvalue weighted by atomic mass is 10.1. The van der Waals surface area contributed by atoms with Crippen LogP contribution in [0, 0.1) is 12.7 Å². The Bertz CT molecular complexity index is 462. The molecular weight excluding hydrogens is 195 g/mol. The Morgan fingerprint density at radius 2 is 2.00 bits per heavy atom. The smallest absolute Gasteiger partial charge is 0.170 e. The van der Waals surface area contributed by atoms with E-state index in [-0.39, 0.29) is 5.82 Å². The lowest BCUT2D eigenvalue weighted by Crippen LogP contribution is -1.97. The lowest BCUT2D eigenvalue weighted by molar-refractivity contribution is 0.423. The van der Waals surface area contributed by atoms with E-state index >= 15 is 0 Å². The normalized spacial score (nSPS) is 10.6. The van der Waals surface area contributed by atoms with Crippen LogP contribution in [0.1, 0.15) is 11.3 Å². The summed E-state index contributed by atoms with van der Waals surface area (Å²) >= 11 is 0. The molecule has 0 atom stereocenters. The Balaban J connectivity index is 2.45. The highest BCUT2D eigenvalue weighted by Gasteiger charge is 2.12. The predicted molar refractivity (Wildman–Crippen MR) is 54.5 cm³/mol. The van der Waals surface area contributed by atoms with Crippen molar-refractivity contribution < 1.29 is 8.91 Å². The molecule has 1 aromatic carbocycles. The number of hydrogen-bond donors (Lipinski definition) is 1. The average molecular weight is 206 g/mol. The van der Waals surface area contributed by atoms with Gasteiger partial charge in [-0.2, -0.15) is 0 Å². The first-order valence-corrected chi connectivity index (χ1v) is 4.63. The van der Waals surface area contributed by atoms with Crippen LogP contribution >= 0.6 is 0 Å². The second-order valence-electron chi connectivity index (χ2n) is 3.29. The van der Waals surface area contributed by atoms with E-state index in [1.165, 1.54) is 12.1 Å². The van der Waals surface area contributed by atoms with Crippen molar-refractivity contribution in [3.8, 4) is 11.3 Å². The summed E-state index contributed by atoms with van der Waals surface area (Å²) in [5.41, 5.74) is 7.93. The van der Waals surface area contributed by atoms with Crippen molar-refractivity contribution in [3.05, 3.63) is 41.3 Å². The van der Waals surface area contributed by atoms with E-state index in [1.807, 2.05) is 6.92 Å². The largest absolute Gasteiger partial charge is 0.356 e. The molecule has 0 amide bonds. The van der Waals surface area contributed by atoms with Gasteiger partial charge in [0.15, 0.2) is 5.76 Å². The minimum atomic E-state index is -0.269. The van der Waals surface area contributed by atoms with Gasteiger partial charge in [-0.25, -0.2) is 4.39 Å². The molecule has 2 N–H and O–H groups in total. The summed E-state index contributed by atoms with van der Waals surface area (Å²) in [6.45, 7) is 2.23. The van der Waals surface area contributed by atoms with E-state index in [4.69, 9.17) is 10.3 Å². The van der Waals surface area contributed by atoms with Gasteiger partial charge < -0.3 is 10.3 Å². The quantitative estimate of drug-likeness (QED) is 0.819. The minimum absolute atomic E-state index is 0.269. The van der Waals surface area contributed by atoms with Crippen LogP contribution < -0.4 is 5.73 Å². The fourth-order valence-corrected chi connectivity index (χ4v) is 1.43. The second kappa shape index (κ2) is 3.82. The maximum atomic E-state index is 12.7. The zero-order valence-corrected chi connectivity index (χ0v) is 8.33. The zero-order chi connectivity index (χ0) is 10.8. The summed E-state index contributed by atoms with van der Waals surface area (Å²) in [5, 5.41) is 3.84. The van der Waals surface area contributed by atoms with Gasteiger partial charge in [-0.05, 0) is 31.2 Å². The minimum Gasteiger partial charge on any atom is -0.356 e. The van der Waals surface area contributed by atoms with Gasteiger partial charge in [-0.1, -0.05) is 5.16 Å². The molecule has 3 nitrogen and oxygen atoms in total. The molecule has 0 aliphatic rings. The molecule has 1 aromatic heterocycles. The molecule has 2 aromatic rings. The van der Waals surface area contributed by atoms with Crippen molar-refractivity contribution >= 4 is 0 Å². The third kappa shape index (κ3) is 1.76. The highest BCUT2D eigenvalue weighted by Crippen LogP contribution is 2.25. The topological polar surface area (TPSA) is 52.0 Å². The Hall–Kier alpha value is -1.68. The van der Waals surface area contributed by atoms with Crippen LogP contribution in [0.25, 0.3) is 11.3 Å². The van der Waals surface area contributed by atoms with Crippen molar-refractivity contribution in [1.29, 1.82) is 0 Å². The van der Waals surface area contributed by atoms with Crippen LogP contribution in [0.2, 0.25) is 0 Å². The summed E-state index contributed by atoms with van der Waals surface area (Å²) in [4.78, 5) is 0. The average Bonchev–Trinajstić information content (AvgIpc) is 2.61. The van der Waals surface area contributed by atoms with Gasteiger partial charge in [0, 0.05) is 17.7 Å². The molecule has 4 heteroatoms. The number of hydrogen-bond acceptors (Lipinski definition) is 3. The van der Waals surface area contributed by atoms with E-state index in [1.54, 1.807) is 12.1 Å². The molecule has 1 heterocycles. The number of rotatable bonds is 2. The Kier molecular flexibility index (Phi) is 2.51. The molecule has 0 saturated carbocycles. The SMILES string of the molecule is Cc1c(CN)noc1-c1ccc(F)cc1. The van der Waals surface area contributed by atoms with Crippen molar-refractivity contribution in [1.82, 2.24) is 5.16 Å². The van der Waals surface area contributed by atoms with Gasteiger partial charge in [0.05, 0.1) is 0 Å². The number of halogens is 1. The Morgan fingerprint density at radius 3 is 2.53 bits per heavy atom. The van der Waals surface area contributed by atoms with Gasteiger partial charge in [0.2, 0.25) is 0 Å². The van der Waals surface area contributed by atoms with Crippen LogP contribution in [0.5, 0.6) is 0 Å². The van der Waals surface area contributed by atoms with Gasteiger partial charge in [-0.3, -0.25) is 0 Å². The van der Waals surface area contributed by atoms with E-state index in [0.717, 1.165) is 16.8 Å². The molecule has 0 saturated heterocycles. The number of nitrogens with two attached hydrogens (primary N) is 1. The molecule has 2 rings (SSSR count). The summed E-state index contributed by atoms with van der Waals surface area (Å²) < 4.78 is 17.9. The third-order valence-corrected chi connectivity index (χ3v) is 2.32. The lowest BCUT2D eigenvalue weighted by Gasteiger charge is -1.97. The molecule has 15 heavy (non-hydrogen) atoms. The maximum Gasteiger partial charge on any atom is 0.170 e. The zero-order valence-electron chi connectivity index (χ0n) is 8.33. The van der Waals surface area contributed by atoms with E-state index in [9.17, 15) is 4.39 Å². The van der Waals surface area contributed by atoms with Gasteiger partial charge >= 0.3 is 0 Å². The first-order valence-electron chi connectivity index (χ1n) is 4.63. The standard InChI is InChI=1S/C11H11FN2O/c1-7-10(6-13)14-15-11(7)8-2-4-9(12)5-3-8/h2-5H,6,13H2,1H3. The second-order valence-corrected chi connectivity index (χ2v) is 3.29. The molecule has 0 bridgehead atoms. The van der Waals surface area contributed by atoms with E-state index < -0.39 is 0 Å². The summed E-state index contributed by atoms with van der Waals surface area (Å²) in [6.07, 6.45) is 0. The van der Waals surface area contributed by atoms with Crippen molar-refractivity contribution in [2.75, 3.05) is 0 Å². The van der Waals surface area contributed by atoms with Gasteiger partial charge in [0.25, 0.3) is 0 Å². The molecular formula is C11H11FN2O. The van der Waals surface area contributed by atoms with Crippen LogP contribution in [-0.2, 0) is 6.54 Å². The van der Waals surface area contributed by atoms with E-state index in [2.05, 4.69) is 5.16 Å². The first-order chi connectivity index (χ1) is 7.22. The van der Waals surface area contributed by atoms with Crippen molar-refractivity contribution in [2.45, 2.75) is 13.5 Å². The third-order valence-electron chi connectivity index (χ3n) is 2.32. The van der Waals surface area contributed by atoms with Crippen LogP contribution in [0.3, 0.4) is 0 Å². The number of aromatic nitrogens is 1. The molecule has 78 valence electrons. The van der Waals surface area contributed by atoms with Crippen LogP contribution in [-0.4, -0.2) is 5.16 Å². The van der Waals surface area contributed by atoms with E-state index in [0.29, 0.717) is 12.3 Å². The first kappa shape index (κ1) is 9.86. The highest BCUT2D eigenvalue weighted by atomic mass is 19.1. The van der Waals surface area contributed by atoms with Crippen LogP contribution in [0.15, 0.2) is 28.8 Å². The van der Waals surface area contributed by atoms with Crippen molar-refractivity contribution in [3.63, 3.8) is 0 Å². The number of nitrogens with zero attached hydrogens (tertiary/aromatic N) is 1. The molecule has 0 spiro atoms. The fraction of sp³-hybridized carbons (Fsp3) is 0.182.